The third-order valence-corrected chi connectivity index (χ3v) is 4.33. The Bertz CT molecular complexity index is 471. The minimum atomic E-state index is 0.100. The molecule has 0 spiro atoms. The molecule has 1 aliphatic rings. The second-order valence-electron chi connectivity index (χ2n) is 7.20. The van der Waals surface area contributed by atoms with Crippen LogP contribution >= 0.6 is 0 Å². The zero-order valence-corrected chi connectivity index (χ0v) is 14.1. The fourth-order valence-corrected chi connectivity index (χ4v) is 2.97. The minimum absolute atomic E-state index is 0.100. The van der Waals surface area contributed by atoms with Crippen molar-refractivity contribution in [2.24, 2.45) is 0 Å². The summed E-state index contributed by atoms with van der Waals surface area (Å²) in [4.78, 5) is 0. The van der Waals surface area contributed by atoms with Crippen molar-refractivity contribution < 1.29 is 9.47 Å². The summed E-state index contributed by atoms with van der Waals surface area (Å²) >= 11 is 0. The van der Waals surface area contributed by atoms with Gasteiger partial charge in [0.25, 0.3) is 0 Å². The van der Waals surface area contributed by atoms with Gasteiger partial charge in [-0.05, 0) is 46.6 Å². The zero-order chi connectivity index (χ0) is 15.5. The van der Waals surface area contributed by atoms with Crippen molar-refractivity contribution in [3.63, 3.8) is 0 Å². The highest BCUT2D eigenvalue weighted by molar-refractivity contribution is 5.43. The number of hydrogen-bond donors (Lipinski definition) is 1. The Morgan fingerprint density at radius 2 is 1.90 bits per heavy atom. The number of ether oxygens (including phenoxy) is 2. The maximum Gasteiger partial charge on any atom is 0.122 e. The van der Waals surface area contributed by atoms with Crippen LogP contribution in [-0.2, 0) is 10.2 Å². The molecule has 0 unspecified atom stereocenters. The molecular formula is C18H29NO2. The van der Waals surface area contributed by atoms with Gasteiger partial charge in [0.1, 0.15) is 5.75 Å². The number of nitrogens with one attached hydrogen (secondary N) is 1. The highest BCUT2D eigenvalue weighted by Crippen LogP contribution is 2.40. The van der Waals surface area contributed by atoms with E-state index in [1.54, 1.807) is 7.11 Å². The third-order valence-electron chi connectivity index (χ3n) is 4.33. The summed E-state index contributed by atoms with van der Waals surface area (Å²) in [7, 11) is 1.76. The molecule has 1 N–H and O–H groups in total. The fourth-order valence-electron chi connectivity index (χ4n) is 2.97. The summed E-state index contributed by atoms with van der Waals surface area (Å²) in [6, 6.07) is 6.50. The van der Waals surface area contributed by atoms with Crippen LogP contribution in [0.3, 0.4) is 0 Å². The van der Waals surface area contributed by atoms with Crippen molar-refractivity contribution in [2.45, 2.75) is 51.5 Å². The van der Waals surface area contributed by atoms with E-state index in [9.17, 15) is 0 Å². The maximum atomic E-state index is 5.64. The standard InChI is InChI=1S/C18H29NO2/c1-14-6-7-16(20-5)15(12-14)18(8-10-21-11-9-18)13-19-17(2,3)4/h6-7,12,19H,8-11,13H2,1-5H3. The van der Waals surface area contributed by atoms with E-state index in [4.69, 9.17) is 9.47 Å². The lowest BCUT2D eigenvalue weighted by Gasteiger charge is -2.41. The van der Waals surface area contributed by atoms with Crippen molar-refractivity contribution in [3.8, 4) is 5.75 Å². The highest BCUT2D eigenvalue weighted by Gasteiger charge is 2.37. The lowest BCUT2D eigenvalue weighted by Crippen LogP contribution is -2.48. The Hall–Kier alpha value is -1.06. The lowest BCUT2D eigenvalue weighted by molar-refractivity contribution is 0.0467. The second-order valence-corrected chi connectivity index (χ2v) is 7.20. The van der Waals surface area contributed by atoms with Gasteiger partial charge in [-0.3, -0.25) is 0 Å². The van der Waals surface area contributed by atoms with Gasteiger partial charge >= 0.3 is 0 Å². The molecule has 1 aromatic rings. The van der Waals surface area contributed by atoms with Gasteiger partial charge in [-0.2, -0.15) is 0 Å². The van der Waals surface area contributed by atoms with Crippen molar-refractivity contribution in [3.05, 3.63) is 29.3 Å². The Morgan fingerprint density at radius 1 is 1.24 bits per heavy atom. The van der Waals surface area contributed by atoms with Crippen LogP contribution in [0.15, 0.2) is 18.2 Å². The molecule has 0 saturated carbocycles. The van der Waals surface area contributed by atoms with Crippen LogP contribution in [-0.4, -0.2) is 32.4 Å². The van der Waals surface area contributed by atoms with E-state index < -0.39 is 0 Å². The monoisotopic (exact) mass is 291 g/mol. The average molecular weight is 291 g/mol. The molecular weight excluding hydrogens is 262 g/mol. The summed E-state index contributed by atoms with van der Waals surface area (Å²) in [5.41, 5.74) is 2.82. The van der Waals surface area contributed by atoms with E-state index in [1.807, 2.05) is 0 Å². The minimum Gasteiger partial charge on any atom is -0.496 e. The molecule has 21 heavy (non-hydrogen) atoms. The predicted molar refractivity (Wildman–Crippen MR) is 87.2 cm³/mol. The molecule has 0 bridgehead atoms. The summed E-state index contributed by atoms with van der Waals surface area (Å²) in [5.74, 6) is 0.998. The molecule has 3 heteroatoms. The van der Waals surface area contributed by atoms with E-state index >= 15 is 0 Å². The topological polar surface area (TPSA) is 30.5 Å². The number of methoxy groups -OCH3 is 1. The largest absolute Gasteiger partial charge is 0.496 e. The van der Waals surface area contributed by atoms with Gasteiger partial charge < -0.3 is 14.8 Å². The van der Waals surface area contributed by atoms with E-state index in [0.29, 0.717) is 0 Å². The van der Waals surface area contributed by atoms with E-state index in [2.05, 4.69) is 51.2 Å². The molecule has 1 heterocycles. The van der Waals surface area contributed by atoms with Crippen LogP contribution in [0, 0.1) is 6.92 Å². The molecule has 118 valence electrons. The predicted octanol–water partition coefficient (Wildman–Crippen LogP) is 3.44. The molecule has 0 amide bonds. The van der Waals surface area contributed by atoms with Crippen LogP contribution in [0.5, 0.6) is 5.75 Å². The van der Waals surface area contributed by atoms with Gasteiger partial charge in [-0.25, -0.2) is 0 Å². The first-order valence-electron chi connectivity index (χ1n) is 7.84. The van der Waals surface area contributed by atoms with Crippen molar-refractivity contribution in [1.82, 2.24) is 5.32 Å². The summed E-state index contributed by atoms with van der Waals surface area (Å²) < 4.78 is 11.3. The van der Waals surface area contributed by atoms with Gasteiger partial charge in [0, 0.05) is 36.3 Å². The maximum absolute atomic E-state index is 5.64. The van der Waals surface area contributed by atoms with Gasteiger partial charge in [-0.1, -0.05) is 17.7 Å². The molecule has 2 rings (SSSR count). The molecule has 3 nitrogen and oxygen atoms in total. The SMILES string of the molecule is COc1ccc(C)cc1C1(CNC(C)(C)C)CCOCC1. The van der Waals surface area contributed by atoms with Crippen LogP contribution in [0.2, 0.25) is 0 Å². The van der Waals surface area contributed by atoms with Crippen LogP contribution in [0.4, 0.5) is 0 Å². The van der Waals surface area contributed by atoms with Crippen molar-refractivity contribution in [2.75, 3.05) is 26.9 Å². The van der Waals surface area contributed by atoms with Crippen LogP contribution in [0.25, 0.3) is 0 Å². The first kappa shape index (κ1) is 16.3. The Labute approximate surface area is 129 Å². The van der Waals surface area contributed by atoms with Crippen LogP contribution in [0.1, 0.15) is 44.7 Å². The molecule has 1 fully saturated rings. The summed E-state index contributed by atoms with van der Waals surface area (Å²) in [5, 5.41) is 3.69. The highest BCUT2D eigenvalue weighted by atomic mass is 16.5. The number of aryl methyl sites for hydroxylation is 1. The van der Waals surface area contributed by atoms with Gasteiger partial charge in [0.05, 0.1) is 7.11 Å². The molecule has 1 aromatic carbocycles. The van der Waals surface area contributed by atoms with E-state index in [1.165, 1.54) is 11.1 Å². The van der Waals surface area contributed by atoms with Gasteiger partial charge in [-0.15, -0.1) is 0 Å². The second kappa shape index (κ2) is 6.37. The summed E-state index contributed by atoms with van der Waals surface area (Å²) in [6.07, 6.45) is 2.08. The molecule has 0 aliphatic carbocycles. The number of rotatable bonds is 4. The number of benzene rings is 1. The molecule has 1 aliphatic heterocycles. The molecule has 0 radical (unpaired) electrons. The third kappa shape index (κ3) is 3.98. The van der Waals surface area contributed by atoms with E-state index in [-0.39, 0.29) is 11.0 Å². The lowest BCUT2D eigenvalue weighted by atomic mass is 9.73. The fraction of sp³-hybridized carbons (Fsp3) is 0.667. The first-order chi connectivity index (χ1) is 9.86. The smallest absolute Gasteiger partial charge is 0.122 e. The molecule has 1 saturated heterocycles. The zero-order valence-electron chi connectivity index (χ0n) is 14.1. The van der Waals surface area contributed by atoms with Crippen molar-refractivity contribution in [1.29, 1.82) is 0 Å². The first-order valence-corrected chi connectivity index (χ1v) is 7.84. The molecule has 0 aromatic heterocycles. The average Bonchev–Trinajstić information content (AvgIpc) is 2.45. The van der Waals surface area contributed by atoms with Gasteiger partial charge in [0.15, 0.2) is 0 Å². The Kier molecular flexibility index (Phi) is 4.95. The van der Waals surface area contributed by atoms with E-state index in [0.717, 1.165) is 38.3 Å². The Balaban J connectivity index is 2.37. The number of hydrogen-bond acceptors (Lipinski definition) is 3. The van der Waals surface area contributed by atoms with Crippen molar-refractivity contribution >= 4 is 0 Å². The normalized spacial score (nSPS) is 18.5. The quantitative estimate of drug-likeness (QED) is 0.922. The summed E-state index contributed by atoms with van der Waals surface area (Å²) in [6.45, 7) is 11.4. The Morgan fingerprint density at radius 3 is 2.48 bits per heavy atom. The molecule has 0 atom stereocenters. The van der Waals surface area contributed by atoms with Gasteiger partial charge in [0.2, 0.25) is 0 Å². The van der Waals surface area contributed by atoms with Crippen LogP contribution < -0.4 is 10.1 Å².